The number of hydrogen-bond donors (Lipinski definition) is 5. The van der Waals surface area contributed by atoms with Gasteiger partial charge < -0.3 is 14.9 Å². The number of H-pyrrole nitrogens is 1. The van der Waals surface area contributed by atoms with Gasteiger partial charge in [0.2, 0.25) is 5.95 Å². The van der Waals surface area contributed by atoms with Gasteiger partial charge in [0.15, 0.2) is 11.2 Å². The first kappa shape index (κ1) is 19.9. The van der Waals surface area contributed by atoms with E-state index in [9.17, 15) is 15.0 Å². The third-order valence-corrected chi connectivity index (χ3v) is 6.25. The van der Waals surface area contributed by atoms with E-state index in [2.05, 4.69) is 56.1 Å². The molecule has 0 bridgehead atoms. The van der Waals surface area contributed by atoms with Gasteiger partial charge in [-0.05, 0) is 40.8 Å². The van der Waals surface area contributed by atoms with Gasteiger partial charge in [-0.1, -0.05) is 30.3 Å². The van der Waals surface area contributed by atoms with Gasteiger partial charge in [0.05, 0.1) is 24.7 Å². The largest absolute Gasteiger partial charge is 0.394 e. The zero-order valence-corrected chi connectivity index (χ0v) is 17.5. The van der Waals surface area contributed by atoms with E-state index >= 15 is 0 Å². The Labute approximate surface area is 187 Å². The first-order valence-electron chi connectivity index (χ1n) is 10.7. The second kappa shape index (κ2) is 7.69. The summed E-state index contributed by atoms with van der Waals surface area (Å²) in [4.78, 5) is 23.9. The lowest BCUT2D eigenvalue weighted by Crippen LogP contribution is -2.24. The molecule has 168 valence electrons. The van der Waals surface area contributed by atoms with Crippen molar-refractivity contribution in [3.63, 3.8) is 0 Å². The molecule has 33 heavy (non-hydrogen) atoms. The monoisotopic (exact) mass is 446 g/mol. The Balaban J connectivity index is 1.26. The lowest BCUT2D eigenvalue weighted by Gasteiger charge is -2.14. The van der Waals surface area contributed by atoms with Crippen LogP contribution in [0.4, 0.5) is 11.6 Å². The van der Waals surface area contributed by atoms with Crippen molar-refractivity contribution in [2.45, 2.75) is 31.3 Å². The van der Waals surface area contributed by atoms with Crippen LogP contribution in [0.1, 0.15) is 23.8 Å². The van der Waals surface area contributed by atoms with E-state index in [0.29, 0.717) is 5.65 Å². The second-order valence-electron chi connectivity index (χ2n) is 8.31. The zero-order valence-electron chi connectivity index (χ0n) is 17.5. The minimum atomic E-state index is -0.802. The number of anilines is 2. The third kappa shape index (κ3) is 3.35. The normalized spacial score (nSPS) is 21.2. The summed E-state index contributed by atoms with van der Waals surface area (Å²) < 4.78 is 7.29. The van der Waals surface area contributed by atoms with Crippen molar-refractivity contribution < 1.29 is 14.9 Å². The fourth-order valence-corrected chi connectivity index (χ4v) is 4.58. The minimum absolute atomic E-state index is 0.167. The molecule has 0 unspecified atom stereocenters. The van der Waals surface area contributed by atoms with E-state index in [4.69, 9.17) is 4.74 Å². The molecule has 3 atom stereocenters. The molecule has 1 saturated heterocycles. The smallest absolute Gasteiger partial charge is 0.280 e. The van der Waals surface area contributed by atoms with Crippen molar-refractivity contribution in [3.05, 3.63) is 70.3 Å². The quantitative estimate of drug-likeness (QED) is 0.258. The summed E-state index contributed by atoms with van der Waals surface area (Å²) in [5, 5.41) is 19.4. The first-order valence-corrected chi connectivity index (χ1v) is 10.7. The number of aromatic nitrogens is 4. The van der Waals surface area contributed by atoms with E-state index in [0.717, 1.165) is 12.1 Å². The number of hydrazine groups is 1. The number of aromatic amines is 1. The molecule has 0 radical (unpaired) electrons. The molecular weight excluding hydrogens is 424 g/mol. The molecule has 10 heteroatoms. The van der Waals surface area contributed by atoms with Crippen LogP contribution < -0.4 is 16.4 Å². The fraction of sp³-hybridized carbons (Fsp3) is 0.261. The van der Waals surface area contributed by atoms with E-state index in [1.165, 1.54) is 28.6 Å². The van der Waals surface area contributed by atoms with E-state index < -0.39 is 24.0 Å². The molecule has 2 aliphatic rings. The number of nitrogens with one attached hydrogen (secondary N) is 3. The Kier molecular flexibility index (Phi) is 4.64. The molecule has 2 aromatic carbocycles. The summed E-state index contributed by atoms with van der Waals surface area (Å²) in [7, 11) is 0. The third-order valence-electron chi connectivity index (χ3n) is 6.25. The van der Waals surface area contributed by atoms with Crippen molar-refractivity contribution in [1.82, 2.24) is 19.5 Å². The number of benzene rings is 2. The highest BCUT2D eigenvalue weighted by Crippen LogP contribution is 2.37. The molecule has 1 aliphatic heterocycles. The van der Waals surface area contributed by atoms with Crippen LogP contribution in [0.3, 0.4) is 0 Å². The van der Waals surface area contributed by atoms with Crippen molar-refractivity contribution >= 4 is 22.8 Å². The molecule has 3 heterocycles. The number of hydrogen-bond acceptors (Lipinski definition) is 8. The average molecular weight is 446 g/mol. The summed E-state index contributed by atoms with van der Waals surface area (Å²) >= 11 is 0. The fourth-order valence-electron chi connectivity index (χ4n) is 4.58. The van der Waals surface area contributed by atoms with Crippen LogP contribution in [0.25, 0.3) is 22.3 Å². The Bertz CT molecular complexity index is 1410. The summed E-state index contributed by atoms with van der Waals surface area (Å²) in [6, 6.07) is 14.5. The molecule has 0 amide bonds. The molecule has 2 aromatic heterocycles. The van der Waals surface area contributed by atoms with Gasteiger partial charge in [0, 0.05) is 6.42 Å². The minimum Gasteiger partial charge on any atom is -0.394 e. The second-order valence-corrected chi connectivity index (χ2v) is 8.31. The molecule has 1 aliphatic carbocycles. The molecule has 1 fully saturated rings. The van der Waals surface area contributed by atoms with Gasteiger partial charge in [-0.2, -0.15) is 4.98 Å². The SMILES string of the molecule is O=c1[nH]c(NNc2ccc3c(c2)-c2ccccc2C3)nc2c1ncn2[C@@H]1C[C@@H](O)[C@H](CO)O1. The lowest BCUT2D eigenvalue weighted by atomic mass is 10.1. The standard InChI is InChI=1S/C23H22N6O4/c30-10-18-17(31)9-19(33-18)29-11-24-20-21(29)25-23(26-22(20)32)28-27-14-6-5-13-7-12-3-1-2-4-15(12)16(13)8-14/h1-6,8,11,17-19,27,30-31H,7,9-10H2,(H2,25,26,28,32)/t17-,18+,19+/m1/s1. The van der Waals surface area contributed by atoms with Crippen LogP contribution >= 0.6 is 0 Å². The number of ether oxygens (including phenoxy) is 1. The average Bonchev–Trinajstić information content (AvgIpc) is 3.52. The number of aliphatic hydroxyl groups excluding tert-OH is 2. The molecule has 5 N–H and O–H groups in total. The zero-order chi connectivity index (χ0) is 22.5. The highest BCUT2D eigenvalue weighted by atomic mass is 16.5. The molecule has 4 aromatic rings. The van der Waals surface area contributed by atoms with Crippen molar-refractivity contribution in [1.29, 1.82) is 0 Å². The van der Waals surface area contributed by atoms with E-state index in [1.54, 1.807) is 4.57 Å². The van der Waals surface area contributed by atoms with Crippen molar-refractivity contribution in [2.75, 3.05) is 17.5 Å². The van der Waals surface area contributed by atoms with Gasteiger partial charge in [-0.25, -0.2) is 4.98 Å². The molecule has 6 rings (SSSR count). The highest BCUT2D eigenvalue weighted by molar-refractivity contribution is 5.79. The van der Waals surface area contributed by atoms with Crippen LogP contribution in [0, 0.1) is 0 Å². The lowest BCUT2D eigenvalue weighted by molar-refractivity contribution is -0.0432. The molecule has 10 nitrogen and oxygen atoms in total. The van der Waals surface area contributed by atoms with Crippen LogP contribution in [-0.2, 0) is 11.2 Å². The first-order chi connectivity index (χ1) is 16.1. The van der Waals surface area contributed by atoms with Gasteiger partial charge in [-0.3, -0.25) is 25.2 Å². The van der Waals surface area contributed by atoms with Gasteiger partial charge >= 0.3 is 0 Å². The Hall–Kier alpha value is -3.73. The molecular formula is C23H22N6O4. The summed E-state index contributed by atoms with van der Waals surface area (Å²) in [6.07, 6.45) is 0.586. The summed E-state index contributed by atoms with van der Waals surface area (Å²) in [5.41, 5.74) is 12.0. The molecule has 0 spiro atoms. The maximum Gasteiger partial charge on any atom is 0.280 e. The van der Waals surface area contributed by atoms with E-state index in [-0.39, 0.29) is 24.5 Å². The van der Waals surface area contributed by atoms with Crippen LogP contribution in [-0.4, -0.2) is 48.5 Å². The van der Waals surface area contributed by atoms with E-state index in [1.807, 2.05) is 12.1 Å². The predicted octanol–water partition coefficient (Wildman–Crippen LogP) is 1.77. The Morgan fingerprint density at radius 2 is 2.00 bits per heavy atom. The van der Waals surface area contributed by atoms with Crippen LogP contribution in [0.5, 0.6) is 0 Å². The van der Waals surface area contributed by atoms with Gasteiger partial charge in [-0.15, -0.1) is 0 Å². The maximum atomic E-state index is 12.5. The van der Waals surface area contributed by atoms with Gasteiger partial charge in [0.25, 0.3) is 5.56 Å². The van der Waals surface area contributed by atoms with Crippen molar-refractivity contribution in [3.8, 4) is 11.1 Å². The predicted molar refractivity (Wildman–Crippen MR) is 122 cm³/mol. The number of fused-ring (bicyclic) bond motifs is 4. The highest BCUT2D eigenvalue weighted by Gasteiger charge is 2.35. The maximum absolute atomic E-state index is 12.5. The number of imidazole rings is 1. The number of rotatable bonds is 5. The Morgan fingerprint density at radius 3 is 2.85 bits per heavy atom. The summed E-state index contributed by atoms with van der Waals surface area (Å²) in [6.45, 7) is -0.291. The molecule has 0 saturated carbocycles. The number of aliphatic hydroxyl groups is 2. The Morgan fingerprint density at radius 1 is 1.15 bits per heavy atom. The number of nitrogens with zero attached hydrogens (tertiary/aromatic N) is 3. The van der Waals surface area contributed by atoms with Crippen LogP contribution in [0.2, 0.25) is 0 Å². The topological polar surface area (TPSA) is 137 Å². The van der Waals surface area contributed by atoms with Crippen molar-refractivity contribution in [2.24, 2.45) is 0 Å². The summed E-state index contributed by atoms with van der Waals surface area (Å²) in [5.74, 6) is 0.215. The van der Waals surface area contributed by atoms with Crippen LogP contribution in [0.15, 0.2) is 53.6 Å². The van der Waals surface area contributed by atoms with Gasteiger partial charge in [0.1, 0.15) is 12.3 Å².